The molecule has 0 aliphatic rings. The molecule has 68 valence electrons. The van der Waals surface area contributed by atoms with E-state index in [1.165, 1.54) is 0 Å². The van der Waals surface area contributed by atoms with Crippen LogP contribution in [0.15, 0.2) is 11.4 Å². The Kier molecular flexibility index (Phi) is 3.88. The van der Waals surface area contributed by atoms with Crippen molar-refractivity contribution >= 4 is 34.5 Å². The third kappa shape index (κ3) is 2.65. The van der Waals surface area contributed by atoms with Crippen molar-refractivity contribution in [2.45, 2.75) is 25.6 Å². The lowest BCUT2D eigenvalue weighted by Gasteiger charge is -2.10. The van der Waals surface area contributed by atoms with E-state index < -0.39 is 0 Å². The predicted molar refractivity (Wildman–Crippen MR) is 57.4 cm³/mol. The minimum Gasteiger partial charge on any atom is -0.146 e. The van der Waals surface area contributed by atoms with E-state index >= 15 is 0 Å². The lowest BCUT2D eigenvalue weighted by atomic mass is 10.1. The quantitative estimate of drug-likeness (QED) is 0.650. The molecule has 12 heavy (non-hydrogen) atoms. The number of halogens is 2. The summed E-state index contributed by atoms with van der Waals surface area (Å²) in [6.45, 7) is 4.33. The summed E-state index contributed by atoms with van der Waals surface area (Å²) in [7, 11) is 0. The maximum Gasteiger partial charge on any atom is 0.0696 e. The molecule has 0 radical (unpaired) electrons. The van der Waals surface area contributed by atoms with Crippen molar-refractivity contribution in [2.24, 2.45) is 5.92 Å². The van der Waals surface area contributed by atoms with Crippen LogP contribution in [0.25, 0.3) is 0 Å². The third-order valence-corrected chi connectivity index (χ3v) is 3.61. The van der Waals surface area contributed by atoms with Crippen LogP contribution in [-0.4, -0.2) is 0 Å². The first-order valence-corrected chi connectivity index (χ1v) is 5.67. The second-order valence-corrected chi connectivity index (χ2v) is 5.11. The summed E-state index contributed by atoms with van der Waals surface area (Å²) in [4.78, 5) is 1.10. The first kappa shape index (κ1) is 10.4. The summed E-state index contributed by atoms with van der Waals surface area (Å²) >= 11 is 13.8. The van der Waals surface area contributed by atoms with Gasteiger partial charge in [-0.3, -0.25) is 0 Å². The van der Waals surface area contributed by atoms with Crippen molar-refractivity contribution < 1.29 is 0 Å². The molecule has 0 saturated heterocycles. The molecule has 1 aromatic heterocycles. The minimum absolute atomic E-state index is 0.0810. The van der Waals surface area contributed by atoms with E-state index in [0.29, 0.717) is 5.92 Å². The van der Waals surface area contributed by atoms with Gasteiger partial charge >= 0.3 is 0 Å². The predicted octanol–water partition coefficient (Wildman–Crippen LogP) is 4.73. The number of rotatable bonds is 3. The monoisotopic (exact) mass is 222 g/mol. The van der Waals surface area contributed by atoms with Crippen LogP contribution in [0, 0.1) is 5.92 Å². The summed E-state index contributed by atoms with van der Waals surface area (Å²) in [5.41, 5.74) is 0. The Morgan fingerprint density at radius 3 is 2.58 bits per heavy atom. The van der Waals surface area contributed by atoms with Gasteiger partial charge in [0.15, 0.2) is 0 Å². The van der Waals surface area contributed by atoms with Crippen LogP contribution in [0.2, 0.25) is 5.02 Å². The van der Waals surface area contributed by atoms with Crippen molar-refractivity contribution in [3.8, 4) is 0 Å². The summed E-state index contributed by atoms with van der Waals surface area (Å²) in [6.07, 6.45) is 0.988. The SMILES string of the molecule is CC(C)CC(Cl)c1sccc1Cl. The zero-order valence-electron chi connectivity index (χ0n) is 7.18. The fraction of sp³-hybridized carbons (Fsp3) is 0.556. The van der Waals surface area contributed by atoms with Crippen LogP contribution in [0.5, 0.6) is 0 Å². The van der Waals surface area contributed by atoms with E-state index in [1.54, 1.807) is 11.3 Å². The van der Waals surface area contributed by atoms with Crippen LogP contribution >= 0.6 is 34.5 Å². The molecule has 0 aliphatic carbocycles. The molecule has 3 heteroatoms. The highest BCUT2D eigenvalue weighted by atomic mass is 35.5. The van der Waals surface area contributed by atoms with E-state index in [4.69, 9.17) is 23.2 Å². The van der Waals surface area contributed by atoms with E-state index in [9.17, 15) is 0 Å². The third-order valence-electron chi connectivity index (χ3n) is 1.61. The number of hydrogen-bond acceptors (Lipinski definition) is 1. The highest BCUT2D eigenvalue weighted by molar-refractivity contribution is 7.11. The summed E-state index contributed by atoms with van der Waals surface area (Å²) in [5.74, 6) is 0.616. The van der Waals surface area contributed by atoms with Gasteiger partial charge in [-0.05, 0) is 23.8 Å². The molecular weight excluding hydrogens is 211 g/mol. The van der Waals surface area contributed by atoms with Crippen LogP contribution in [0.3, 0.4) is 0 Å². The molecule has 0 bridgehead atoms. The molecule has 0 amide bonds. The van der Waals surface area contributed by atoms with Crippen LogP contribution in [0.1, 0.15) is 30.5 Å². The van der Waals surface area contributed by atoms with E-state index in [1.807, 2.05) is 11.4 Å². The molecule has 1 aromatic rings. The van der Waals surface area contributed by atoms with Gasteiger partial charge in [0, 0.05) is 4.88 Å². The molecular formula is C9H12Cl2S. The molecule has 0 aromatic carbocycles. The van der Waals surface area contributed by atoms with Crippen molar-refractivity contribution in [3.63, 3.8) is 0 Å². The Bertz CT molecular complexity index is 242. The Morgan fingerprint density at radius 2 is 2.17 bits per heavy atom. The molecule has 1 rings (SSSR count). The summed E-state index contributed by atoms with van der Waals surface area (Å²) < 4.78 is 0. The van der Waals surface area contributed by atoms with Crippen molar-refractivity contribution in [3.05, 3.63) is 21.3 Å². The van der Waals surface area contributed by atoms with Gasteiger partial charge < -0.3 is 0 Å². The molecule has 0 N–H and O–H groups in total. The Morgan fingerprint density at radius 1 is 1.50 bits per heavy atom. The van der Waals surface area contributed by atoms with Gasteiger partial charge in [0.25, 0.3) is 0 Å². The molecule has 0 spiro atoms. The van der Waals surface area contributed by atoms with E-state index in [2.05, 4.69) is 13.8 Å². The zero-order chi connectivity index (χ0) is 9.14. The Balaban J connectivity index is 2.65. The summed E-state index contributed by atoms with van der Waals surface area (Å²) in [6, 6.07) is 1.90. The van der Waals surface area contributed by atoms with E-state index in [0.717, 1.165) is 16.3 Å². The number of alkyl halides is 1. The molecule has 0 nitrogen and oxygen atoms in total. The van der Waals surface area contributed by atoms with Crippen LogP contribution in [-0.2, 0) is 0 Å². The van der Waals surface area contributed by atoms with Crippen LogP contribution < -0.4 is 0 Å². The van der Waals surface area contributed by atoms with Crippen molar-refractivity contribution in [2.75, 3.05) is 0 Å². The maximum absolute atomic E-state index is 6.17. The van der Waals surface area contributed by atoms with Gasteiger partial charge in [0.1, 0.15) is 0 Å². The fourth-order valence-corrected chi connectivity index (χ4v) is 2.91. The first-order chi connectivity index (χ1) is 5.61. The molecule has 1 heterocycles. The lowest BCUT2D eigenvalue weighted by molar-refractivity contribution is 0.578. The van der Waals surface area contributed by atoms with Gasteiger partial charge in [-0.2, -0.15) is 0 Å². The largest absolute Gasteiger partial charge is 0.146 e. The standard InChI is InChI=1S/C9H12Cl2S/c1-6(2)5-8(11)9-7(10)3-4-12-9/h3-4,6,8H,5H2,1-2H3. The lowest BCUT2D eigenvalue weighted by Crippen LogP contribution is -1.94. The average molecular weight is 223 g/mol. The Labute approximate surface area is 87.5 Å². The van der Waals surface area contributed by atoms with Gasteiger partial charge in [-0.25, -0.2) is 0 Å². The fourth-order valence-electron chi connectivity index (χ4n) is 1.05. The molecule has 0 fully saturated rings. The number of thiophene rings is 1. The summed E-state index contributed by atoms with van der Waals surface area (Å²) in [5, 5.41) is 2.87. The smallest absolute Gasteiger partial charge is 0.0696 e. The van der Waals surface area contributed by atoms with Crippen molar-refractivity contribution in [1.29, 1.82) is 0 Å². The first-order valence-electron chi connectivity index (χ1n) is 3.98. The highest BCUT2D eigenvalue weighted by Crippen LogP contribution is 2.36. The van der Waals surface area contributed by atoms with Crippen LogP contribution in [0.4, 0.5) is 0 Å². The number of hydrogen-bond donors (Lipinski definition) is 0. The van der Waals surface area contributed by atoms with E-state index in [-0.39, 0.29) is 5.38 Å². The molecule has 0 aliphatic heterocycles. The van der Waals surface area contributed by atoms with Gasteiger partial charge in [-0.1, -0.05) is 25.4 Å². The van der Waals surface area contributed by atoms with Gasteiger partial charge in [0.05, 0.1) is 10.4 Å². The second-order valence-electron chi connectivity index (χ2n) is 3.23. The topological polar surface area (TPSA) is 0 Å². The zero-order valence-corrected chi connectivity index (χ0v) is 9.51. The van der Waals surface area contributed by atoms with Gasteiger partial charge in [-0.15, -0.1) is 22.9 Å². The maximum atomic E-state index is 6.17. The second kappa shape index (κ2) is 4.50. The average Bonchev–Trinajstić information content (AvgIpc) is 2.33. The molecule has 1 atom stereocenters. The Hall–Kier alpha value is 0.280. The van der Waals surface area contributed by atoms with Crippen molar-refractivity contribution in [1.82, 2.24) is 0 Å². The van der Waals surface area contributed by atoms with Gasteiger partial charge in [0.2, 0.25) is 0 Å². The molecule has 1 unspecified atom stereocenters. The highest BCUT2D eigenvalue weighted by Gasteiger charge is 2.14. The molecule has 0 saturated carbocycles. The minimum atomic E-state index is 0.0810. The normalized spacial score (nSPS) is 13.8.